The first-order valence-electron chi connectivity index (χ1n) is 9.89. The summed E-state index contributed by atoms with van der Waals surface area (Å²) in [4.78, 5) is 22.1. The minimum Gasteiger partial charge on any atom is -0.469 e. The standard InChI is InChI=1S/C21H30N4O2.HI/c1-3-22-21(25-13-10-16(11-14-25)20(26)27-2)23-12-6-7-17-15-24-19-9-5-4-8-18(17)19;/h4-5,8-9,15-16,24H,3,6-7,10-14H2,1-2H3,(H,22,23);1H. The molecule has 0 atom stereocenters. The highest BCUT2D eigenvalue weighted by molar-refractivity contribution is 14.0. The molecule has 0 bridgehead atoms. The van der Waals surface area contributed by atoms with E-state index in [1.54, 1.807) is 0 Å². The third-order valence-electron chi connectivity index (χ3n) is 5.20. The Morgan fingerprint density at radius 3 is 2.79 bits per heavy atom. The summed E-state index contributed by atoms with van der Waals surface area (Å²) in [5, 5.41) is 4.69. The maximum atomic E-state index is 11.7. The fraction of sp³-hybridized carbons (Fsp3) is 0.524. The van der Waals surface area contributed by atoms with Gasteiger partial charge in [-0.15, -0.1) is 24.0 Å². The second-order valence-electron chi connectivity index (χ2n) is 6.98. The number of H-pyrrole nitrogens is 1. The highest BCUT2D eigenvalue weighted by atomic mass is 127. The van der Waals surface area contributed by atoms with Gasteiger partial charge in [-0.05, 0) is 44.2 Å². The number of aromatic nitrogens is 1. The molecule has 0 spiro atoms. The molecule has 0 radical (unpaired) electrons. The number of rotatable bonds is 6. The number of aryl methyl sites for hydroxylation is 1. The molecule has 2 N–H and O–H groups in total. The quantitative estimate of drug-likeness (QED) is 0.210. The molecule has 0 unspecified atom stereocenters. The fourth-order valence-corrected chi connectivity index (χ4v) is 3.71. The van der Waals surface area contributed by atoms with Crippen LogP contribution in [0.3, 0.4) is 0 Å². The Morgan fingerprint density at radius 2 is 2.07 bits per heavy atom. The molecule has 0 amide bonds. The second-order valence-corrected chi connectivity index (χ2v) is 6.98. The predicted molar refractivity (Wildman–Crippen MR) is 124 cm³/mol. The number of aliphatic imine (C=N–C) groups is 1. The number of halogens is 1. The molecule has 0 saturated carbocycles. The van der Waals surface area contributed by atoms with Gasteiger partial charge in [0.15, 0.2) is 5.96 Å². The Bertz CT molecular complexity index is 782. The number of nitrogens with zero attached hydrogens (tertiary/aromatic N) is 2. The zero-order chi connectivity index (χ0) is 19.1. The van der Waals surface area contributed by atoms with Gasteiger partial charge in [0.2, 0.25) is 0 Å². The third kappa shape index (κ3) is 5.62. The highest BCUT2D eigenvalue weighted by Crippen LogP contribution is 2.20. The van der Waals surface area contributed by atoms with Crippen LogP contribution >= 0.6 is 24.0 Å². The molecule has 0 aliphatic carbocycles. The fourth-order valence-electron chi connectivity index (χ4n) is 3.71. The van der Waals surface area contributed by atoms with Crippen molar-refractivity contribution in [3.63, 3.8) is 0 Å². The van der Waals surface area contributed by atoms with Crippen molar-refractivity contribution in [2.45, 2.75) is 32.6 Å². The van der Waals surface area contributed by atoms with Crippen LogP contribution in [0.4, 0.5) is 0 Å². The molecule has 7 heteroatoms. The number of esters is 1. The minimum atomic E-state index is -0.0877. The zero-order valence-electron chi connectivity index (χ0n) is 16.7. The molecular weight excluding hydrogens is 467 g/mol. The first-order valence-corrected chi connectivity index (χ1v) is 9.89. The monoisotopic (exact) mass is 498 g/mol. The third-order valence-corrected chi connectivity index (χ3v) is 5.20. The van der Waals surface area contributed by atoms with Crippen LogP contribution in [0.2, 0.25) is 0 Å². The number of methoxy groups -OCH3 is 1. The SMILES string of the molecule is CCNC(=NCCCc1c[nH]c2ccccc12)N1CCC(C(=O)OC)CC1.I. The summed E-state index contributed by atoms with van der Waals surface area (Å²) < 4.78 is 4.87. The van der Waals surface area contributed by atoms with Gasteiger partial charge in [-0.25, -0.2) is 0 Å². The molecule has 1 aromatic heterocycles. The Hall–Kier alpha value is -1.77. The summed E-state index contributed by atoms with van der Waals surface area (Å²) in [6.07, 6.45) is 5.78. The van der Waals surface area contributed by atoms with Gasteiger partial charge in [0.1, 0.15) is 0 Å². The largest absolute Gasteiger partial charge is 0.469 e. The van der Waals surface area contributed by atoms with E-state index in [1.165, 1.54) is 23.6 Å². The number of ether oxygens (including phenoxy) is 1. The number of likely N-dealkylation sites (tertiary alicyclic amines) is 1. The van der Waals surface area contributed by atoms with Crippen LogP contribution in [0.25, 0.3) is 10.9 Å². The summed E-state index contributed by atoms with van der Waals surface area (Å²) in [6, 6.07) is 8.41. The van der Waals surface area contributed by atoms with E-state index in [0.717, 1.165) is 57.8 Å². The Morgan fingerprint density at radius 1 is 1.32 bits per heavy atom. The van der Waals surface area contributed by atoms with E-state index in [-0.39, 0.29) is 35.9 Å². The van der Waals surface area contributed by atoms with Crippen LogP contribution in [-0.2, 0) is 16.0 Å². The molecule has 2 heterocycles. The summed E-state index contributed by atoms with van der Waals surface area (Å²) >= 11 is 0. The highest BCUT2D eigenvalue weighted by Gasteiger charge is 2.26. The zero-order valence-corrected chi connectivity index (χ0v) is 19.1. The maximum Gasteiger partial charge on any atom is 0.308 e. The lowest BCUT2D eigenvalue weighted by atomic mass is 9.97. The number of guanidine groups is 1. The lowest BCUT2D eigenvalue weighted by Crippen LogP contribution is -2.46. The number of carbonyl (C=O) groups is 1. The van der Waals surface area contributed by atoms with E-state index in [2.05, 4.69) is 52.6 Å². The lowest BCUT2D eigenvalue weighted by molar-refractivity contribution is -0.146. The van der Waals surface area contributed by atoms with Crippen molar-refractivity contribution in [1.82, 2.24) is 15.2 Å². The van der Waals surface area contributed by atoms with Crippen molar-refractivity contribution in [1.29, 1.82) is 0 Å². The molecule has 6 nitrogen and oxygen atoms in total. The van der Waals surface area contributed by atoms with E-state index in [9.17, 15) is 4.79 Å². The van der Waals surface area contributed by atoms with Crippen LogP contribution in [0.1, 0.15) is 31.7 Å². The molecule has 1 aliphatic heterocycles. The van der Waals surface area contributed by atoms with Crippen molar-refractivity contribution in [3.8, 4) is 0 Å². The van der Waals surface area contributed by atoms with Gasteiger partial charge in [-0.2, -0.15) is 0 Å². The maximum absolute atomic E-state index is 11.7. The van der Waals surface area contributed by atoms with Crippen molar-refractivity contribution in [2.24, 2.45) is 10.9 Å². The lowest BCUT2D eigenvalue weighted by Gasteiger charge is -2.33. The van der Waals surface area contributed by atoms with Crippen LogP contribution in [0.5, 0.6) is 0 Å². The number of carbonyl (C=O) groups excluding carboxylic acids is 1. The Balaban J connectivity index is 0.00000280. The summed E-state index contributed by atoms with van der Waals surface area (Å²) in [6.45, 7) is 5.40. The number of fused-ring (bicyclic) bond motifs is 1. The van der Waals surface area contributed by atoms with E-state index in [0.29, 0.717) is 0 Å². The van der Waals surface area contributed by atoms with Gasteiger partial charge in [0.25, 0.3) is 0 Å². The topological polar surface area (TPSA) is 69.7 Å². The Kier molecular flexibility index (Phi) is 9.08. The Labute approximate surface area is 184 Å². The van der Waals surface area contributed by atoms with E-state index >= 15 is 0 Å². The summed E-state index contributed by atoms with van der Waals surface area (Å²) in [7, 11) is 1.47. The van der Waals surface area contributed by atoms with Crippen LogP contribution < -0.4 is 5.32 Å². The number of piperidine rings is 1. The van der Waals surface area contributed by atoms with Gasteiger partial charge in [-0.1, -0.05) is 18.2 Å². The van der Waals surface area contributed by atoms with Gasteiger partial charge in [0.05, 0.1) is 13.0 Å². The molecule has 1 aromatic carbocycles. The first kappa shape index (κ1) is 22.5. The van der Waals surface area contributed by atoms with E-state index < -0.39 is 0 Å². The summed E-state index contributed by atoms with van der Waals surface area (Å²) in [5.74, 6) is 0.894. The van der Waals surface area contributed by atoms with E-state index in [4.69, 9.17) is 9.73 Å². The minimum absolute atomic E-state index is 0. The predicted octanol–water partition coefficient (Wildman–Crippen LogP) is 3.57. The number of hydrogen-bond donors (Lipinski definition) is 2. The summed E-state index contributed by atoms with van der Waals surface area (Å²) in [5.41, 5.74) is 2.54. The molecule has 154 valence electrons. The van der Waals surface area contributed by atoms with Gasteiger partial charge in [0, 0.05) is 43.3 Å². The molecule has 1 fully saturated rings. The normalized spacial score (nSPS) is 15.4. The second kappa shape index (κ2) is 11.3. The van der Waals surface area contributed by atoms with Crippen molar-refractivity contribution in [3.05, 3.63) is 36.0 Å². The van der Waals surface area contributed by atoms with Gasteiger partial charge < -0.3 is 19.9 Å². The number of nitrogens with one attached hydrogen (secondary N) is 2. The van der Waals surface area contributed by atoms with Crippen molar-refractivity contribution < 1.29 is 9.53 Å². The number of para-hydroxylation sites is 1. The van der Waals surface area contributed by atoms with Gasteiger partial charge >= 0.3 is 5.97 Å². The van der Waals surface area contributed by atoms with Crippen LogP contribution in [-0.4, -0.2) is 55.1 Å². The van der Waals surface area contributed by atoms with Crippen molar-refractivity contribution in [2.75, 3.05) is 33.3 Å². The van der Waals surface area contributed by atoms with Gasteiger partial charge in [-0.3, -0.25) is 9.79 Å². The van der Waals surface area contributed by atoms with E-state index in [1.807, 2.05) is 0 Å². The number of benzene rings is 1. The van der Waals surface area contributed by atoms with Crippen LogP contribution in [0, 0.1) is 5.92 Å². The molecule has 1 aliphatic rings. The average Bonchev–Trinajstić information content (AvgIpc) is 3.13. The average molecular weight is 498 g/mol. The molecule has 3 rings (SSSR count). The van der Waals surface area contributed by atoms with Crippen LogP contribution in [0.15, 0.2) is 35.5 Å². The molecular formula is C21H31IN4O2. The first-order chi connectivity index (χ1) is 13.2. The molecule has 1 saturated heterocycles. The molecule has 28 heavy (non-hydrogen) atoms. The number of hydrogen-bond acceptors (Lipinski definition) is 3. The number of aromatic amines is 1. The van der Waals surface area contributed by atoms with Crippen molar-refractivity contribution >= 4 is 46.8 Å². The smallest absolute Gasteiger partial charge is 0.308 e. The molecule has 2 aromatic rings.